The van der Waals surface area contributed by atoms with Gasteiger partial charge in [-0.25, -0.2) is 26.3 Å². The predicted octanol–water partition coefficient (Wildman–Crippen LogP) is 1.28. The van der Waals surface area contributed by atoms with Crippen LogP contribution < -0.4 is 0 Å². The maximum absolute atomic E-state index is 13.3. The molecule has 0 aromatic rings. The van der Waals surface area contributed by atoms with Gasteiger partial charge in [-0.15, -0.1) is 0 Å². The average molecular weight is 318 g/mol. The molecule has 5 nitrogen and oxygen atoms in total. The van der Waals surface area contributed by atoms with Crippen molar-refractivity contribution in [2.45, 2.75) is 30.4 Å². The summed E-state index contributed by atoms with van der Waals surface area (Å²) in [6, 6.07) is 0. The highest BCUT2D eigenvalue weighted by molar-refractivity contribution is 7.55. The number of methoxy groups -OCH3 is 1. The zero-order valence-electron chi connectivity index (χ0n) is 9.14. The molecule has 0 bridgehead atoms. The van der Waals surface area contributed by atoms with Gasteiger partial charge in [0.05, 0.1) is 7.11 Å². The topological polar surface area (TPSA) is 83.8 Å². The van der Waals surface area contributed by atoms with Gasteiger partial charge in [-0.1, -0.05) is 0 Å². The van der Waals surface area contributed by atoms with E-state index in [1.54, 1.807) is 0 Å². The first kappa shape index (κ1) is 18.2. The summed E-state index contributed by atoms with van der Waals surface area (Å²) in [5.41, 5.74) is 0. The highest BCUT2D eigenvalue weighted by atomic mass is 31.2. The molecule has 0 aromatic heterocycles. The largest absolute Gasteiger partial charge is 0.468 e. The molecule has 0 saturated heterocycles. The molecule has 2 unspecified atom stereocenters. The fraction of sp³-hybridized carbons (Fsp3) is 0.857. The Morgan fingerprint density at radius 2 is 1.37 bits per heavy atom. The molecular weight excluding hydrogens is 309 g/mol. The van der Waals surface area contributed by atoms with Crippen LogP contribution in [0.25, 0.3) is 0 Å². The number of carbonyl (C=O) groups is 1. The quantitative estimate of drug-likeness (QED) is 0.438. The van der Waals surface area contributed by atoms with Crippen LogP contribution in [0.5, 0.6) is 0 Å². The monoisotopic (exact) mass is 318 g/mol. The van der Waals surface area contributed by atoms with Crippen molar-refractivity contribution >= 4 is 13.6 Å². The molecule has 0 heterocycles. The summed E-state index contributed by atoms with van der Waals surface area (Å²) in [7, 11) is -6.03. The molecule has 0 aliphatic heterocycles. The van der Waals surface area contributed by atoms with E-state index in [9.17, 15) is 35.7 Å². The van der Waals surface area contributed by atoms with E-state index in [0.29, 0.717) is 7.11 Å². The third kappa shape index (κ3) is 3.03. The Kier molecular flexibility index (Phi) is 5.84. The molecule has 12 heteroatoms. The fourth-order valence-electron chi connectivity index (χ4n) is 1.37. The normalized spacial score (nSPS) is 19.1. The Labute approximate surface area is 102 Å². The van der Waals surface area contributed by atoms with Gasteiger partial charge in [0, 0.05) is 0 Å². The molecule has 0 amide bonds. The molecule has 114 valence electrons. The highest BCUT2D eigenvalue weighted by Gasteiger charge is 2.71. The maximum atomic E-state index is 13.3. The lowest BCUT2D eigenvalue weighted by molar-refractivity contribution is -0.156. The van der Waals surface area contributed by atoms with Crippen molar-refractivity contribution in [1.29, 1.82) is 0 Å². The zero-order chi connectivity index (χ0) is 15.6. The van der Waals surface area contributed by atoms with E-state index >= 15 is 0 Å². The summed E-state index contributed by atoms with van der Waals surface area (Å²) < 4.78 is 90.1. The van der Waals surface area contributed by atoms with Gasteiger partial charge in [0.15, 0.2) is 12.3 Å². The molecule has 0 spiro atoms. The third-order valence-electron chi connectivity index (χ3n) is 2.28. The number of carbonyl (C=O) groups excluding carboxylic acids is 1. The number of alkyl halides is 6. The van der Waals surface area contributed by atoms with Gasteiger partial charge >= 0.3 is 13.6 Å². The Balaban J connectivity index is 6.20. The number of hydrogen-bond acceptors (Lipinski definition) is 3. The van der Waals surface area contributed by atoms with Crippen LogP contribution in [0.2, 0.25) is 0 Å². The van der Waals surface area contributed by atoms with Crippen LogP contribution in [0.1, 0.15) is 0 Å². The minimum atomic E-state index is -6.38. The lowest BCUT2D eigenvalue weighted by Crippen LogP contribution is -2.59. The average Bonchev–Trinajstić information content (AvgIpc) is 2.26. The molecule has 2 atom stereocenters. The predicted molar refractivity (Wildman–Crippen MR) is 48.6 cm³/mol. The van der Waals surface area contributed by atoms with E-state index in [0.717, 1.165) is 0 Å². The van der Waals surface area contributed by atoms with Gasteiger partial charge in [0.25, 0.3) is 12.9 Å². The SMILES string of the molecule is COC(=O)C(C(F)C(F)F)(C(F)C(F)F)P(=O)(O)O. The van der Waals surface area contributed by atoms with Crippen LogP contribution >= 0.6 is 7.60 Å². The number of esters is 1. The van der Waals surface area contributed by atoms with E-state index in [1.807, 2.05) is 0 Å². The number of hydrogen-bond donors (Lipinski definition) is 2. The molecule has 0 aromatic carbocycles. The second-order valence-electron chi connectivity index (χ2n) is 3.33. The van der Waals surface area contributed by atoms with Crippen LogP contribution in [0, 0.1) is 0 Å². The molecule has 0 fully saturated rings. The molecule has 0 aliphatic carbocycles. The highest BCUT2D eigenvalue weighted by Crippen LogP contribution is 2.58. The van der Waals surface area contributed by atoms with Crippen molar-refractivity contribution in [2.75, 3.05) is 7.11 Å². The summed E-state index contributed by atoms with van der Waals surface area (Å²) in [6.07, 6.45) is -16.9. The van der Waals surface area contributed by atoms with E-state index in [2.05, 4.69) is 4.74 Å². The molecule has 0 rings (SSSR count). The van der Waals surface area contributed by atoms with Crippen molar-refractivity contribution in [3.63, 3.8) is 0 Å². The minimum absolute atomic E-state index is 0.350. The van der Waals surface area contributed by atoms with Gasteiger partial charge < -0.3 is 14.5 Å². The second-order valence-corrected chi connectivity index (χ2v) is 5.16. The van der Waals surface area contributed by atoms with E-state index in [1.165, 1.54) is 0 Å². The van der Waals surface area contributed by atoms with Crippen LogP contribution in [0.4, 0.5) is 26.3 Å². The van der Waals surface area contributed by atoms with Gasteiger partial charge in [-0.2, -0.15) is 0 Å². The Hall–Kier alpha value is -0.800. The maximum Gasteiger partial charge on any atom is 0.349 e. The number of halogens is 6. The van der Waals surface area contributed by atoms with Gasteiger partial charge in [-0.05, 0) is 0 Å². The Morgan fingerprint density at radius 1 is 1.05 bits per heavy atom. The first-order valence-electron chi connectivity index (χ1n) is 4.43. The van der Waals surface area contributed by atoms with Crippen molar-refractivity contribution < 1.29 is 50.2 Å². The summed E-state index contributed by atoms with van der Waals surface area (Å²) >= 11 is 0. The van der Waals surface area contributed by atoms with Crippen molar-refractivity contribution in [3.8, 4) is 0 Å². The summed E-state index contributed by atoms with van der Waals surface area (Å²) in [6.45, 7) is 0. The second kappa shape index (κ2) is 6.10. The molecule has 2 N–H and O–H groups in total. The summed E-state index contributed by atoms with van der Waals surface area (Å²) in [4.78, 5) is 28.6. The standard InChI is InChI=1S/C7H9F6O5P/c1-18-6(14)7(19(15,16)17,2(8)4(10)11)3(9)5(12)13/h2-5H,1H3,(H2,15,16,17). The van der Waals surface area contributed by atoms with Gasteiger partial charge in [0.1, 0.15) is 0 Å². The summed E-state index contributed by atoms with van der Waals surface area (Å²) in [5, 5.41) is -4.62. The molecular formula is C7H9F6O5P. The lowest BCUT2D eigenvalue weighted by atomic mass is 9.96. The van der Waals surface area contributed by atoms with Gasteiger partial charge in [-0.3, -0.25) is 9.36 Å². The fourth-order valence-corrected chi connectivity index (χ4v) is 2.56. The van der Waals surface area contributed by atoms with Crippen molar-refractivity contribution in [1.82, 2.24) is 0 Å². The smallest absolute Gasteiger partial charge is 0.349 e. The van der Waals surface area contributed by atoms with Crippen molar-refractivity contribution in [2.24, 2.45) is 0 Å². The first-order chi connectivity index (χ1) is 8.44. The van der Waals surface area contributed by atoms with Crippen LogP contribution in [0.15, 0.2) is 0 Å². The van der Waals surface area contributed by atoms with E-state index in [4.69, 9.17) is 9.79 Å². The van der Waals surface area contributed by atoms with Crippen LogP contribution in [-0.2, 0) is 14.1 Å². The van der Waals surface area contributed by atoms with Crippen molar-refractivity contribution in [3.05, 3.63) is 0 Å². The molecule has 0 aliphatic rings. The van der Waals surface area contributed by atoms with Crippen LogP contribution in [0.3, 0.4) is 0 Å². The van der Waals surface area contributed by atoms with E-state index in [-0.39, 0.29) is 0 Å². The Bertz CT molecular complexity index is 357. The van der Waals surface area contributed by atoms with Gasteiger partial charge in [0.2, 0.25) is 5.16 Å². The van der Waals surface area contributed by atoms with Crippen LogP contribution in [-0.4, -0.2) is 53.2 Å². The zero-order valence-corrected chi connectivity index (χ0v) is 10.0. The number of ether oxygens (including phenoxy) is 1. The van der Waals surface area contributed by atoms with E-state index < -0.39 is 43.9 Å². The summed E-state index contributed by atoms with van der Waals surface area (Å²) in [5.74, 6) is -2.53. The Morgan fingerprint density at radius 3 is 1.53 bits per heavy atom. The lowest BCUT2D eigenvalue weighted by Gasteiger charge is -2.35. The first-order valence-corrected chi connectivity index (χ1v) is 6.04. The molecule has 0 radical (unpaired) electrons. The third-order valence-corrected chi connectivity index (χ3v) is 3.92. The molecule has 0 saturated carbocycles. The minimum Gasteiger partial charge on any atom is -0.468 e. The molecule has 19 heavy (non-hydrogen) atoms. The number of rotatable bonds is 6.